The van der Waals surface area contributed by atoms with Crippen LogP contribution in [0.5, 0.6) is 11.5 Å². The van der Waals surface area contributed by atoms with Gasteiger partial charge in [-0.3, -0.25) is 0 Å². The molecule has 2 heterocycles. The number of carboxylic acid groups (broad SMARTS) is 1. The Morgan fingerprint density at radius 1 is 1.15 bits per heavy atom. The van der Waals surface area contributed by atoms with Crippen molar-refractivity contribution in [2.24, 2.45) is 0 Å². The lowest BCUT2D eigenvalue weighted by atomic mass is 10.1. The molecule has 8 nitrogen and oxygen atoms in total. The van der Waals surface area contributed by atoms with E-state index >= 15 is 0 Å². The van der Waals surface area contributed by atoms with Gasteiger partial charge in [0.2, 0.25) is 0 Å². The smallest absolute Gasteiger partial charge is 0.339 e. The molecule has 9 heteroatoms. The van der Waals surface area contributed by atoms with E-state index in [-0.39, 0.29) is 5.56 Å². The standard InChI is InChI=1S/C25H25ClN4O4/c1-4-34-23-10-16(5-6-18(23)25(31)32)20-13-24(29-14-28-20)27-7-8-30-15(2)9-19-21(30)11-17(26)12-22(19)33-3/h5-6,9-14H,4,7-8H2,1-3H3,(H,31,32)(H,27,28,29). The van der Waals surface area contributed by atoms with Gasteiger partial charge in [0.1, 0.15) is 29.2 Å². The summed E-state index contributed by atoms with van der Waals surface area (Å²) in [6.45, 7) is 5.54. The largest absolute Gasteiger partial charge is 0.496 e. The summed E-state index contributed by atoms with van der Waals surface area (Å²) < 4.78 is 13.2. The second-order valence-electron chi connectivity index (χ2n) is 7.64. The first kappa shape index (κ1) is 23.4. The van der Waals surface area contributed by atoms with E-state index in [9.17, 15) is 9.90 Å². The molecule has 0 aliphatic heterocycles. The first-order valence-electron chi connectivity index (χ1n) is 10.8. The number of nitrogens with one attached hydrogen (secondary N) is 1. The molecule has 2 aromatic heterocycles. The third-order valence-corrected chi connectivity index (χ3v) is 5.71. The fraction of sp³-hybridized carbons (Fsp3) is 0.240. The molecule has 0 spiro atoms. The molecule has 2 aromatic carbocycles. The van der Waals surface area contributed by atoms with Gasteiger partial charge in [-0.1, -0.05) is 17.7 Å². The minimum absolute atomic E-state index is 0.115. The number of ether oxygens (including phenoxy) is 2. The number of fused-ring (bicyclic) bond motifs is 1. The highest BCUT2D eigenvalue weighted by Crippen LogP contribution is 2.32. The molecule has 0 atom stereocenters. The summed E-state index contributed by atoms with van der Waals surface area (Å²) in [6.07, 6.45) is 1.48. The van der Waals surface area contributed by atoms with Gasteiger partial charge in [-0.15, -0.1) is 0 Å². The molecule has 4 aromatic rings. The molecule has 0 radical (unpaired) electrons. The monoisotopic (exact) mass is 480 g/mol. The quantitative estimate of drug-likeness (QED) is 0.336. The van der Waals surface area contributed by atoms with E-state index in [4.69, 9.17) is 21.1 Å². The number of benzene rings is 2. The Hall–Kier alpha value is -3.78. The predicted molar refractivity (Wildman–Crippen MR) is 132 cm³/mol. The van der Waals surface area contributed by atoms with E-state index in [0.29, 0.717) is 42.0 Å². The summed E-state index contributed by atoms with van der Waals surface area (Å²) in [5.41, 5.74) is 3.63. The molecule has 176 valence electrons. The highest BCUT2D eigenvalue weighted by atomic mass is 35.5. The van der Waals surface area contributed by atoms with E-state index in [1.54, 1.807) is 19.2 Å². The van der Waals surface area contributed by atoms with Gasteiger partial charge >= 0.3 is 5.97 Å². The van der Waals surface area contributed by atoms with Crippen molar-refractivity contribution in [1.29, 1.82) is 0 Å². The number of nitrogens with zero attached hydrogens (tertiary/aromatic N) is 3. The van der Waals surface area contributed by atoms with E-state index in [1.165, 1.54) is 12.4 Å². The average Bonchev–Trinajstić information content (AvgIpc) is 3.13. The number of anilines is 1. The van der Waals surface area contributed by atoms with Gasteiger partial charge in [-0.05, 0) is 44.2 Å². The molecule has 34 heavy (non-hydrogen) atoms. The van der Waals surface area contributed by atoms with E-state index in [2.05, 4.69) is 25.9 Å². The second kappa shape index (κ2) is 10.0. The Morgan fingerprint density at radius 3 is 2.71 bits per heavy atom. The summed E-state index contributed by atoms with van der Waals surface area (Å²) in [6, 6.07) is 12.6. The number of rotatable bonds is 9. The zero-order valence-corrected chi connectivity index (χ0v) is 19.9. The number of halogens is 1. The van der Waals surface area contributed by atoms with Crippen molar-refractivity contribution in [1.82, 2.24) is 14.5 Å². The third-order valence-electron chi connectivity index (χ3n) is 5.49. The number of hydrogen-bond acceptors (Lipinski definition) is 6. The summed E-state index contributed by atoms with van der Waals surface area (Å²) >= 11 is 6.28. The van der Waals surface area contributed by atoms with Crippen LogP contribution in [0.4, 0.5) is 5.82 Å². The summed E-state index contributed by atoms with van der Waals surface area (Å²) in [7, 11) is 1.64. The van der Waals surface area contributed by atoms with Crippen LogP contribution in [0.1, 0.15) is 23.0 Å². The number of aromatic carboxylic acids is 1. The Balaban J connectivity index is 1.52. The summed E-state index contributed by atoms with van der Waals surface area (Å²) in [4.78, 5) is 20.1. The van der Waals surface area contributed by atoms with Crippen LogP contribution in [0, 0.1) is 6.92 Å². The van der Waals surface area contributed by atoms with Crippen molar-refractivity contribution in [2.45, 2.75) is 20.4 Å². The van der Waals surface area contributed by atoms with Crippen LogP contribution in [0.25, 0.3) is 22.2 Å². The zero-order valence-electron chi connectivity index (χ0n) is 19.1. The van der Waals surface area contributed by atoms with Crippen molar-refractivity contribution >= 4 is 34.3 Å². The molecule has 0 aliphatic rings. The zero-order chi connectivity index (χ0) is 24.2. The van der Waals surface area contributed by atoms with Crippen LogP contribution < -0.4 is 14.8 Å². The molecule has 0 saturated carbocycles. The maximum atomic E-state index is 11.4. The molecule has 0 amide bonds. The van der Waals surface area contributed by atoms with Gasteiger partial charge in [0.25, 0.3) is 0 Å². The molecular weight excluding hydrogens is 456 g/mol. The van der Waals surface area contributed by atoms with Gasteiger partial charge in [0.05, 0.1) is 24.9 Å². The normalized spacial score (nSPS) is 10.9. The first-order chi connectivity index (χ1) is 16.4. The van der Waals surface area contributed by atoms with Crippen LogP contribution >= 0.6 is 11.6 Å². The number of carbonyl (C=O) groups is 1. The topological polar surface area (TPSA) is 98.5 Å². The van der Waals surface area contributed by atoms with E-state index in [1.807, 2.05) is 32.0 Å². The van der Waals surface area contributed by atoms with Crippen LogP contribution in [-0.4, -0.2) is 45.9 Å². The number of aromatic nitrogens is 3. The van der Waals surface area contributed by atoms with Gasteiger partial charge in [0, 0.05) is 40.8 Å². The molecule has 2 N–H and O–H groups in total. The maximum absolute atomic E-state index is 11.4. The lowest BCUT2D eigenvalue weighted by molar-refractivity contribution is 0.0692. The summed E-state index contributed by atoms with van der Waals surface area (Å²) in [5.74, 6) is 0.685. The van der Waals surface area contributed by atoms with Crippen LogP contribution in [0.3, 0.4) is 0 Å². The molecule has 0 saturated heterocycles. The van der Waals surface area contributed by atoms with Gasteiger partial charge in [-0.25, -0.2) is 14.8 Å². The number of methoxy groups -OCH3 is 1. The van der Waals surface area contributed by atoms with Gasteiger partial charge in [0.15, 0.2) is 0 Å². The Kier molecular flexibility index (Phi) is 6.88. The van der Waals surface area contributed by atoms with Crippen LogP contribution in [0.2, 0.25) is 5.02 Å². The van der Waals surface area contributed by atoms with Crippen molar-refractivity contribution < 1.29 is 19.4 Å². The fourth-order valence-electron chi connectivity index (χ4n) is 3.93. The van der Waals surface area contributed by atoms with Crippen molar-refractivity contribution in [3.05, 3.63) is 65.1 Å². The Bertz CT molecular complexity index is 1350. The Morgan fingerprint density at radius 2 is 1.97 bits per heavy atom. The number of hydrogen-bond donors (Lipinski definition) is 2. The average molecular weight is 481 g/mol. The molecule has 0 fully saturated rings. The van der Waals surface area contributed by atoms with Crippen LogP contribution in [-0.2, 0) is 6.54 Å². The molecule has 0 bridgehead atoms. The van der Waals surface area contributed by atoms with E-state index < -0.39 is 5.97 Å². The third kappa shape index (κ3) is 4.77. The lowest BCUT2D eigenvalue weighted by Crippen LogP contribution is -2.12. The van der Waals surface area contributed by atoms with Crippen molar-refractivity contribution in [3.8, 4) is 22.8 Å². The highest BCUT2D eigenvalue weighted by molar-refractivity contribution is 6.31. The minimum atomic E-state index is -1.04. The predicted octanol–water partition coefficient (Wildman–Crippen LogP) is 5.28. The van der Waals surface area contributed by atoms with Crippen molar-refractivity contribution in [3.63, 3.8) is 0 Å². The second-order valence-corrected chi connectivity index (χ2v) is 8.08. The van der Waals surface area contributed by atoms with Gasteiger partial charge in [-0.2, -0.15) is 0 Å². The Labute approximate surface area is 202 Å². The number of aryl methyl sites for hydroxylation is 1. The van der Waals surface area contributed by atoms with Crippen molar-refractivity contribution in [2.75, 3.05) is 25.6 Å². The fourth-order valence-corrected chi connectivity index (χ4v) is 4.13. The number of carboxylic acids is 1. The molecular formula is C25H25ClN4O4. The molecule has 4 rings (SSSR count). The lowest BCUT2D eigenvalue weighted by Gasteiger charge is -2.12. The minimum Gasteiger partial charge on any atom is -0.496 e. The van der Waals surface area contributed by atoms with Gasteiger partial charge < -0.3 is 24.5 Å². The van der Waals surface area contributed by atoms with Crippen LogP contribution in [0.15, 0.2) is 48.8 Å². The molecule has 0 unspecified atom stereocenters. The maximum Gasteiger partial charge on any atom is 0.339 e. The van der Waals surface area contributed by atoms with E-state index in [0.717, 1.165) is 27.9 Å². The summed E-state index contributed by atoms with van der Waals surface area (Å²) in [5, 5.41) is 14.3. The molecule has 0 aliphatic carbocycles. The SMILES string of the molecule is CCOc1cc(-c2cc(NCCn3c(C)cc4c(OC)cc(Cl)cc43)ncn2)ccc1C(=O)O. The highest BCUT2D eigenvalue weighted by Gasteiger charge is 2.14. The first-order valence-corrected chi connectivity index (χ1v) is 11.2.